The molecule has 1 aliphatic heterocycles. The number of aromatic nitrogens is 2. The Hall–Kier alpha value is -1.85. The minimum absolute atomic E-state index is 0.288. The zero-order chi connectivity index (χ0) is 17.2. The van der Waals surface area contributed by atoms with Crippen LogP contribution in [0.25, 0.3) is 0 Å². The second kappa shape index (κ2) is 7.18. The predicted molar refractivity (Wildman–Crippen MR) is 96.4 cm³/mol. The molecule has 0 bridgehead atoms. The van der Waals surface area contributed by atoms with E-state index in [0.717, 1.165) is 43.7 Å². The van der Waals surface area contributed by atoms with Crippen molar-refractivity contribution in [3.05, 3.63) is 47.5 Å². The van der Waals surface area contributed by atoms with Gasteiger partial charge in [-0.1, -0.05) is 18.2 Å². The van der Waals surface area contributed by atoms with Crippen LogP contribution in [-0.4, -0.2) is 34.7 Å². The number of fused-ring (bicyclic) bond motifs is 1. The fourth-order valence-corrected chi connectivity index (χ4v) is 3.60. The molecule has 2 heterocycles. The van der Waals surface area contributed by atoms with E-state index < -0.39 is 0 Å². The third kappa shape index (κ3) is 3.58. The van der Waals surface area contributed by atoms with Gasteiger partial charge in [-0.3, -0.25) is 4.90 Å². The first-order chi connectivity index (χ1) is 12.3. The molecule has 4 rings (SSSR count). The van der Waals surface area contributed by atoms with Crippen LogP contribution in [0.3, 0.4) is 0 Å². The molecule has 1 aromatic heterocycles. The van der Waals surface area contributed by atoms with Crippen LogP contribution in [0.1, 0.15) is 42.9 Å². The molecule has 1 atom stereocenters. The number of imidazole rings is 1. The van der Waals surface area contributed by atoms with Gasteiger partial charge in [-0.2, -0.15) is 0 Å². The lowest BCUT2D eigenvalue weighted by molar-refractivity contribution is 0.101. The number of hydrogen-bond acceptors (Lipinski definition) is 4. The molecule has 1 fully saturated rings. The molecule has 2 aliphatic rings. The summed E-state index contributed by atoms with van der Waals surface area (Å²) in [5, 5.41) is 0. The molecule has 0 saturated heterocycles. The van der Waals surface area contributed by atoms with Crippen molar-refractivity contribution in [1.82, 2.24) is 14.5 Å². The molecule has 134 valence electrons. The van der Waals surface area contributed by atoms with E-state index in [-0.39, 0.29) is 6.04 Å². The minimum atomic E-state index is 0.288. The van der Waals surface area contributed by atoms with Crippen molar-refractivity contribution in [2.75, 3.05) is 20.3 Å². The predicted octanol–water partition coefficient (Wildman–Crippen LogP) is 3.40. The lowest BCUT2D eigenvalue weighted by Gasteiger charge is -2.34. The molecule has 0 radical (unpaired) electrons. The quantitative estimate of drug-likeness (QED) is 0.774. The Bertz CT molecular complexity index is 723. The zero-order valence-corrected chi connectivity index (χ0v) is 15.1. The molecule has 0 unspecified atom stereocenters. The fraction of sp³-hybridized carbons (Fsp3) is 0.550. The standard InChI is InChI=1S/C20H27N3O2/c1-15-20-21-11-18(14-25-13-16-7-8-16)23(20)10-9-22(15)12-17-5-3-4-6-19(17)24-2/h3-6,11,15-16H,7-10,12-14H2,1-2H3/t15-/m0/s1. The molecular weight excluding hydrogens is 314 g/mol. The SMILES string of the molecule is COc1ccccc1CN1CCn2c(COCC3CC3)cnc2[C@@H]1C. The third-order valence-electron chi connectivity index (χ3n) is 5.37. The summed E-state index contributed by atoms with van der Waals surface area (Å²) in [6.07, 6.45) is 4.66. The largest absolute Gasteiger partial charge is 0.496 e. The maximum Gasteiger partial charge on any atom is 0.126 e. The zero-order valence-electron chi connectivity index (χ0n) is 15.1. The molecule has 1 aliphatic carbocycles. The lowest BCUT2D eigenvalue weighted by atomic mass is 10.1. The molecule has 0 amide bonds. The highest BCUT2D eigenvalue weighted by Crippen LogP contribution is 2.31. The molecule has 25 heavy (non-hydrogen) atoms. The van der Waals surface area contributed by atoms with Gasteiger partial charge in [-0.15, -0.1) is 0 Å². The summed E-state index contributed by atoms with van der Waals surface area (Å²) >= 11 is 0. The summed E-state index contributed by atoms with van der Waals surface area (Å²) in [7, 11) is 1.74. The Balaban J connectivity index is 1.44. The molecule has 5 nitrogen and oxygen atoms in total. The van der Waals surface area contributed by atoms with Gasteiger partial charge in [0.25, 0.3) is 0 Å². The van der Waals surface area contributed by atoms with Gasteiger partial charge in [0.05, 0.1) is 31.6 Å². The summed E-state index contributed by atoms with van der Waals surface area (Å²) in [5.41, 5.74) is 2.43. The number of benzene rings is 1. The van der Waals surface area contributed by atoms with Crippen molar-refractivity contribution in [3.8, 4) is 5.75 Å². The van der Waals surface area contributed by atoms with Crippen LogP contribution in [0.5, 0.6) is 5.75 Å². The van der Waals surface area contributed by atoms with E-state index in [1.54, 1.807) is 7.11 Å². The number of nitrogens with zero attached hydrogens (tertiary/aromatic N) is 3. The first-order valence-corrected chi connectivity index (χ1v) is 9.24. The topological polar surface area (TPSA) is 39.5 Å². The smallest absolute Gasteiger partial charge is 0.126 e. The van der Waals surface area contributed by atoms with Crippen molar-refractivity contribution in [1.29, 1.82) is 0 Å². The fourth-order valence-electron chi connectivity index (χ4n) is 3.60. The van der Waals surface area contributed by atoms with Crippen molar-refractivity contribution in [2.24, 2.45) is 5.92 Å². The number of ether oxygens (including phenoxy) is 2. The molecular formula is C20H27N3O2. The highest BCUT2D eigenvalue weighted by Gasteiger charge is 2.28. The summed E-state index contributed by atoms with van der Waals surface area (Å²) in [4.78, 5) is 7.16. The maximum absolute atomic E-state index is 5.87. The van der Waals surface area contributed by atoms with E-state index in [0.29, 0.717) is 6.61 Å². The Morgan fingerprint density at radius 2 is 2.04 bits per heavy atom. The normalized spacial score (nSPS) is 20.5. The second-order valence-electron chi connectivity index (χ2n) is 7.18. The Morgan fingerprint density at radius 3 is 2.84 bits per heavy atom. The van der Waals surface area contributed by atoms with E-state index >= 15 is 0 Å². The minimum Gasteiger partial charge on any atom is -0.496 e. The van der Waals surface area contributed by atoms with Crippen molar-refractivity contribution in [3.63, 3.8) is 0 Å². The van der Waals surface area contributed by atoms with Gasteiger partial charge in [0.1, 0.15) is 11.6 Å². The second-order valence-corrected chi connectivity index (χ2v) is 7.18. The highest BCUT2D eigenvalue weighted by atomic mass is 16.5. The van der Waals surface area contributed by atoms with Gasteiger partial charge in [0.15, 0.2) is 0 Å². The Labute approximate surface area is 149 Å². The van der Waals surface area contributed by atoms with Crippen LogP contribution in [-0.2, 0) is 24.4 Å². The van der Waals surface area contributed by atoms with E-state index in [4.69, 9.17) is 14.5 Å². The maximum atomic E-state index is 5.87. The van der Waals surface area contributed by atoms with Crippen molar-refractivity contribution < 1.29 is 9.47 Å². The third-order valence-corrected chi connectivity index (χ3v) is 5.37. The van der Waals surface area contributed by atoms with Crippen LogP contribution in [0.15, 0.2) is 30.5 Å². The first kappa shape index (κ1) is 16.6. The monoisotopic (exact) mass is 341 g/mol. The number of hydrogen-bond donors (Lipinski definition) is 0. The summed E-state index contributed by atoms with van der Waals surface area (Å²) in [6.45, 7) is 6.68. The van der Waals surface area contributed by atoms with Gasteiger partial charge < -0.3 is 14.0 Å². The molecule has 1 aromatic carbocycles. The number of para-hydroxylation sites is 1. The van der Waals surface area contributed by atoms with E-state index in [9.17, 15) is 0 Å². The van der Waals surface area contributed by atoms with E-state index in [1.165, 1.54) is 24.1 Å². The van der Waals surface area contributed by atoms with Crippen molar-refractivity contribution in [2.45, 2.75) is 45.5 Å². The average molecular weight is 341 g/mol. The van der Waals surface area contributed by atoms with Crippen molar-refractivity contribution >= 4 is 0 Å². The molecule has 0 spiro atoms. The molecule has 2 aromatic rings. The molecule has 0 N–H and O–H groups in total. The highest BCUT2D eigenvalue weighted by molar-refractivity contribution is 5.33. The van der Waals surface area contributed by atoms with Crippen LogP contribution < -0.4 is 4.74 Å². The lowest BCUT2D eigenvalue weighted by Crippen LogP contribution is -2.37. The van der Waals surface area contributed by atoms with Crippen LogP contribution in [0, 0.1) is 5.92 Å². The number of methoxy groups -OCH3 is 1. The van der Waals surface area contributed by atoms with Gasteiger partial charge in [-0.25, -0.2) is 4.98 Å². The van der Waals surface area contributed by atoms with Crippen LogP contribution in [0.4, 0.5) is 0 Å². The van der Waals surface area contributed by atoms with E-state index in [2.05, 4.69) is 28.5 Å². The average Bonchev–Trinajstić information content (AvgIpc) is 3.37. The molecule has 5 heteroatoms. The van der Waals surface area contributed by atoms with Gasteiger partial charge in [-0.05, 0) is 31.7 Å². The Morgan fingerprint density at radius 1 is 1.20 bits per heavy atom. The van der Waals surface area contributed by atoms with Crippen LogP contribution >= 0.6 is 0 Å². The number of rotatable bonds is 7. The van der Waals surface area contributed by atoms with Gasteiger partial charge in [0, 0.05) is 31.8 Å². The summed E-state index contributed by atoms with van der Waals surface area (Å²) < 4.78 is 13.7. The van der Waals surface area contributed by atoms with E-state index in [1.807, 2.05) is 18.3 Å². The summed E-state index contributed by atoms with van der Waals surface area (Å²) in [6, 6.07) is 8.55. The van der Waals surface area contributed by atoms with Crippen LogP contribution in [0.2, 0.25) is 0 Å². The Kier molecular flexibility index (Phi) is 4.77. The summed E-state index contributed by atoms with van der Waals surface area (Å²) in [5.74, 6) is 2.91. The van der Waals surface area contributed by atoms with Gasteiger partial charge in [0.2, 0.25) is 0 Å². The van der Waals surface area contributed by atoms with Gasteiger partial charge >= 0.3 is 0 Å². The molecule has 1 saturated carbocycles. The first-order valence-electron chi connectivity index (χ1n) is 9.24.